The molecular weight excluding hydrogens is 220 g/mol. The molecule has 1 heterocycles. The topological polar surface area (TPSA) is 88.5 Å². The molecule has 0 saturated carbocycles. The number of carboxylic acids is 1. The predicted molar refractivity (Wildman–Crippen MR) is 63.5 cm³/mol. The molecule has 0 aliphatic carbocycles. The molecule has 0 saturated heterocycles. The zero-order valence-electron chi connectivity index (χ0n) is 9.22. The number of hydrogen-bond acceptors (Lipinski definition) is 4. The van der Waals surface area contributed by atoms with E-state index >= 15 is 0 Å². The molecule has 1 unspecified atom stereocenters. The van der Waals surface area contributed by atoms with Crippen LogP contribution in [-0.4, -0.2) is 23.7 Å². The van der Waals surface area contributed by atoms with E-state index in [2.05, 4.69) is 5.32 Å². The standard InChI is InChI=1S/C12H14N2O3/c13-10(12(15)16)6-14-5-8-7-17-11-4-2-1-3-9(8)11/h1-4,7,10,14H,5-6,13H2,(H,15,16). The van der Waals surface area contributed by atoms with Crippen LogP contribution in [0.15, 0.2) is 34.9 Å². The van der Waals surface area contributed by atoms with E-state index < -0.39 is 12.0 Å². The molecule has 0 spiro atoms. The number of aliphatic carboxylic acids is 1. The zero-order chi connectivity index (χ0) is 12.3. The third kappa shape index (κ3) is 2.64. The van der Waals surface area contributed by atoms with Crippen molar-refractivity contribution in [3.8, 4) is 0 Å². The Balaban J connectivity index is 1.98. The van der Waals surface area contributed by atoms with Gasteiger partial charge >= 0.3 is 5.97 Å². The number of benzene rings is 1. The van der Waals surface area contributed by atoms with E-state index in [1.807, 2.05) is 24.3 Å². The second-order valence-corrected chi connectivity index (χ2v) is 3.83. The van der Waals surface area contributed by atoms with Crippen molar-refractivity contribution < 1.29 is 14.3 Å². The first-order valence-corrected chi connectivity index (χ1v) is 5.32. The van der Waals surface area contributed by atoms with Crippen LogP contribution >= 0.6 is 0 Å². The highest BCUT2D eigenvalue weighted by Gasteiger charge is 2.11. The lowest BCUT2D eigenvalue weighted by atomic mass is 10.2. The van der Waals surface area contributed by atoms with Crippen molar-refractivity contribution in [3.63, 3.8) is 0 Å². The number of para-hydroxylation sites is 1. The summed E-state index contributed by atoms with van der Waals surface area (Å²) >= 11 is 0. The number of carbonyl (C=O) groups is 1. The molecule has 0 radical (unpaired) electrons. The molecule has 1 aromatic carbocycles. The maximum absolute atomic E-state index is 10.5. The van der Waals surface area contributed by atoms with Crippen molar-refractivity contribution in [2.24, 2.45) is 5.73 Å². The van der Waals surface area contributed by atoms with Crippen LogP contribution in [0, 0.1) is 0 Å². The summed E-state index contributed by atoms with van der Waals surface area (Å²) in [5.41, 5.74) is 7.21. The number of fused-ring (bicyclic) bond motifs is 1. The Morgan fingerprint density at radius 2 is 2.24 bits per heavy atom. The first-order chi connectivity index (χ1) is 8.18. The largest absolute Gasteiger partial charge is 0.480 e. The van der Waals surface area contributed by atoms with Crippen LogP contribution in [0.3, 0.4) is 0 Å². The molecule has 5 heteroatoms. The van der Waals surface area contributed by atoms with E-state index in [1.54, 1.807) is 6.26 Å². The lowest BCUT2D eigenvalue weighted by Gasteiger charge is -2.07. The lowest BCUT2D eigenvalue weighted by Crippen LogP contribution is -2.39. The molecular formula is C12H14N2O3. The van der Waals surface area contributed by atoms with Crippen LogP contribution in [0.1, 0.15) is 5.56 Å². The second kappa shape index (κ2) is 4.99. The molecule has 0 amide bonds. The van der Waals surface area contributed by atoms with Crippen molar-refractivity contribution >= 4 is 16.9 Å². The van der Waals surface area contributed by atoms with Crippen LogP contribution < -0.4 is 11.1 Å². The van der Waals surface area contributed by atoms with Gasteiger partial charge in [-0.1, -0.05) is 18.2 Å². The minimum atomic E-state index is -1.01. The molecule has 4 N–H and O–H groups in total. The smallest absolute Gasteiger partial charge is 0.321 e. The van der Waals surface area contributed by atoms with Crippen LogP contribution in [0.2, 0.25) is 0 Å². The molecule has 1 aromatic heterocycles. The van der Waals surface area contributed by atoms with E-state index in [0.717, 1.165) is 16.5 Å². The highest BCUT2D eigenvalue weighted by Crippen LogP contribution is 2.20. The highest BCUT2D eigenvalue weighted by atomic mass is 16.4. The van der Waals surface area contributed by atoms with Gasteiger partial charge in [0.2, 0.25) is 0 Å². The predicted octanol–water partition coefficient (Wildman–Crippen LogP) is 0.934. The van der Waals surface area contributed by atoms with Gasteiger partial charge in [-0.3, -0.25) is 4.79 Å². The second-order valence-electron chi connectivity index (χ2n) is 3.83. The molecule has 5 nitrogen and oxygen atoms in total. The van der Waals surface area contributed by atoms with E-state index in [9.17, 15) is 4.79 Å². The molecule has 2 rings (SSSR count). The molecule has 90 valence electrons. The fourth-order valence-corrected chi connectivity index (χ4v) is 1.62. The van der Waals surface area contributed by atoms with Gasteiger partial charge in [0.1, 0.15) is 11.6 Å². The number of hydrogen-bond donors (Lipinski definition) is 3. The summed E-state index contributed by atoms with van der Waals surface area (Å²) in [5.74, 6) is -1.01. The van der Waals surface area contributed by atoms with Crippen molar-refractivity contribution in [2.45, 2.75) is 12.6 Å². The zero-order valence-corrected chi connectivity index (χ0v) is 9.22. The Morgan fingerprint density at radius 1 is 1.47 bits per heavy atom. The first kappa shape index (κ1) is 11.6. The van der Waals surface area contributed by atoms with Crippen LogP contribution in [0.25, 0.3) is 11.0 Å². The monoisotopic (exact) mass is 234 g/mol. The number of rotatable bonds is 5. The highest BCUT2D eigenvalue weighted by molar-refractivity contribution is 5.80. The Hall–Kier alpha value is -1.85. The number of nitrogens with two attached hydrogens (primary N) is 1. The molecule has 0 fully saturated rings. The molecule has 2 aromatic rings. The van der Waals surface area contributed by atoms with Gasteiger partial charge in [-0.25, -0.2) is 0 Å². The number of carboxylic acid groups (broad SMARTS) is 1. The van der Waals surface area contributed by atoms with Crippen LogP contribution in [0.5, 0.6) is 0 Å². The van der Waals surface area contributed by atoms with Gasteiger partial charge in [0.05, 0.1) is 6.26 Å². The Morgan fingerprint density at radius 3 is 3.00 bits per heavy atom. The van der Waals surface area contributed by atoms with Crippen molar-refractivity contribution in [1.82, 2.24) is 5.32 Å². The van der Waals surface area contributed by atoms with E-state index in [1.165, 1.54) is 0 Å². The van der Waals surface area contributed by atoms with Gasteiger partial charge in [0, 0.05) is 24.0 Å². The minimum absolute atomic E-state index is 0.231. The maximum Gasteiger partial charge on any atom is 0.321 e. The third-order valence-electron chi connectivity index (χ3n) is 2.56. The molecule has 0 aliphatic rings. The average Bonchev–Trinajstić information content (AvgIpc) is 2.72. The summed E-state index contributed by atoms with van der Waals surface area (Å²) in [4.78, 5) is 10.5. The SMILES string of the molecule is NC(CNCc1coc2ccccc12)C(=O)O. The fourth-order valence-electron chi connectivity index (χ4n) is 1.62. The normalized spacial score (nSPS) is 12.8. The van der Waals surface area contributed by atoms with Crippen molar-refractivity contribution in [1.29, 1.82) is 0 Å². The number of furan rings is 1. The van der Waals surface area contributed by atoms with Crippen molar-refractivity contribution in [2.75, 3.05) is 6.54 Å². The lowest BCUT2D eigenvalue weighted by molar-refractivity contribution is -0.138. The minimum Gasteiger partial charge on any atom is -0.480 e. The van der Waals surface area contributed by atoms with Gasteiger partial charge in [-0.15, -0.1) is 0 Å². The van der Waals surface area contributed by atoms with Gasteiger partial charge in [0.15, 0.2) is 0 Å². The Labute approximate surface area is 98.2 Å². The Kier molecular flexibility index (Phi) is 3.41. The van der Waals surface area contributed by atoms with Crippen LogP contribution in [0.4, 0.5) is 0 Å². The van der Waals surface area contributed by atoms with Gasteiger partial charge in [-0.05, 0) is 6.07 Å². The third-order valence-corrected chi connectivity index (χ3v) is 2.56. The summed E-state index contributed by atoms with van der Waals surface area (Å²) in [6.45, 7) is 0.771. The first-order valence-electron chi connectivity index (χ1n) is 5.32. The van der Waals surface area contributed by atoms with E-state index in [-0.39, 0.29) is 6.54 Å². The van der Waals surface area contributed by atoms with Crippen LogP contribution in [-0.2, 0) is 11.3 Å². The summed E-state index contributed by atoms with van der Waals surface area (Å²) in [5, 5.41) is 12.7. The summed E-state index contributed by atoms with van der Waals surface area (Å²) < 4.78 is 5.37. The molecule has 0 bridgehead atoms. The molecule has 17 heavy (non-hydrogen) atoms. The summed E-state index contributed by atoms with van der Waals surface area (Å²) in [7, 11) is 0. The van der Waals surface area contributed by atoms with Gasteiger partial charge in [-0.2, -0.15) is 0 Å². The maximum atomic E-state index is 10.5. The molecule has 1 atom stereocenters. The number of nitrogens with one attached hydrogen (secondary N) is 1. The van der Waals surface area contributed by atoms with Crippen molar-refractivity contribution in [3.05, 3.63) is 36.1 Å². The quantitative estimate of drug-likeness (QED) is 0.716. The van der Waals surface area contributed by atoms with Gasteiger partial charge in [0.25, 0.3) is 0 Å². The molecule has 0 aliphatic heterocycles. The fraction of sp³-hybridized carbons (Fsp3) is 0.250. The van der Waals surface area contributed by atoms with Gasteiger partial charge < -0.3 is 20.6 Å². The summed E-state index contributed by atoms with van der Waals surface area (Å²) in [6, 6.07) is 6.82. The average molecular weight is 234 g/mol. The Bertz CT molecular complexity index is 521. The summed E-state index contributed by atoms with van der Waals surface area (Å²) in [6.07, 6.45) is 1.67. The van der Waals surface area contributed by atoms with E-state index in [4.69, 9.17) is 15.3 Å². The van der Waals surface area contributed by atoms with E-state index in [0.29, 0.717) is 6.54 Å².